The number of amides is 1. The Labute approximate surface area is 95.8 Å². The summed E-state index contributed by atoms with van der Waals surface area (Å²) < 4.78 is 5.18. The van der Waals surface area contributed by atoms with E-state index in [-0.39, 0.29) is 5.91 Å². The molecule has 0 spiro atoms. The fourth-order valence-corrected chi connectivity index (χ4v) is 1.28. The van der Waals surface area contributed by atoms with Crippen molar-refractivity contribution in [3.8, 4) is 0 Å². The molecule has 16 heavy (non-hydrogen) atoms. The predicted octanol–water partition coefficient (Wildman–Crippen LogP) is 2.02. The Morgan fingerprint density at radius 3 is 2.75 bits per heavy atom. The van der Waals surface area contributed by atoms with Gasteiger partial charge in [-0.05, 0) is 32.0 Å². The maximum absolute atomic E-state index is 11.7. The average Bonchev–Trinajstić information content (AvgIpc) is 2.16. The molecule has 0 atom stereocenters. The van der Waals surface area contributed by atoms with E-state index in [4.69, 9.17) is 10.5 Å². The summed E-state index contributed by atoms with van der Waals surface area (Å²) in [5.41, 5.74) is 6.49. The van der Waals surface area contributed by atoms with Gasteiger partial charge in [-0.15, -0.1) is 0 Å². The van der Waals surface area contributed by atoms with Crippen molar-refractivity contribution < 1.29 is 9.53 Å². The van der Waals surface area contributed by atoms with Crippen molar-refractivity contribution in [3.05, 3.63) is 24.3 Å². The van der Waals surface area contributed by atoms with Crippen LogP contribution in [-0.4, -0.2) is 18.6 Å². The molecule has 0 aliphatic heterocycles. The summed E-state index contributed by atoms with van der Waals surface area (Å²) in [7, 11) is 1.59. The van der Waals surface area contributed by atoms with Crippen LogP contribution in [0.15, 0.2) is 24.3 Å². The van der Waals surface area contributed by atoms with E-state index in [2.05, 4.69) is 5.32 Å². The number of nitrogens with one attached hydrogen (secondary N) is 1. The molecular weight excluding hydrogens is 204 g/mol. The molecule has 0 heterocycles. The summed E-state index contributed by atoms with van der Waals surface area (Å²) in [5, 5.41) is 2.77. The van der Waals surface area contributed by atoms with Crippen LogP contribution in [-0.2, 0) is 9.53 Å². The molecule has 0 unspecified atom stereocenters. The topological polar surface area (TPSA) is 64.3 Å². The zero-order chi connectivity index (χ0) is 12.2. The van der Waals surface area contributed by atoms with Crippen molar-refractivity contribution in [2.24, 2.45) is 0 Å². The summed E-state index contributed by atoms with van der Waals surface area (Å²) in [6.07, 6.45) is 0.304. The van der Waals surface area contributed by atoms with Gasteiger partial charge in [0.05, 0.1) is 12.0 Å². The zero-order valence-electron chi connectivity index (χ0n) is 9.91. The number of carbonyl (C=O) groups is 1. The number of ether oxygens (including phenoxy) is 1. The van der Waals surface area contributed by atoms with Gasteiger partial charge in [-0.25, -0.2) is 0 Å². The van der Waals surface area contributed by atoms with Gasteiger partial charge in [0.1, 0.15) is 0 Å². The third-order valence-electron chi connectivity index (χ3n) is 2.31. The van der Waals surface area contributed by atoms with E-state index in [0.29, 0.717) is 17.8 Å². The number of nitrogens with two attached hydrogens (primary N) is 1. The van der Waals surface area contributed by atoms with Crippen LogP contribution in [0.25, 0.3) is 0 Å². The van der Waals surface area contributed by atoms with Gasteiger partial charge < -0.3 is 15.8 Å². The van der Waals surface area contributed by atoms with E-state index >= 15 is 0 Å². The maximum Gasteiger partial charge on any atom is 0.227 e. The monoisotopic (exact) mass is 222 g/mol. The number of rotatable bonds is 4. The lowest BCUT2D eigenvalue weighted by atomic mass is 10.0. The first kappa shape index (κ1) is 12.5. The fraction of sp³-hybridized carbons (Fsp3) is 0.417. The lowest BCUT2D eigenvalue weighted by molar-refractivity contribution is -0.121. The molecule has 4 nitrogen and oxygen atoms in total. The molecule has 1 rings (SSSR count). The van der Waals surface area contributed by atoms with Crippen molar-refractivity contribution in [2.75, 3.05) is 18.2 Å². The normalized spacial score (nSPS) is 11.2. The minimum Gasteiger partial charge on any atom is -0.399 e. The summed E-state index contributed by atoms with van der Waals surface area (Å²) in [5.74, 6) is -0.0857. The molecule has 0 aliphatic rings. The second-order valence-corrected chi connectivity index (χ2v) is 4.31. The predicted molar refractivity (Wildman–Crippen MR) is 65.2 cm³/mol. The molecule has 0 saturated carbocycles. The summed E-state index contributed by atoms with van der Waals surface area (Å²) in [6.45, 7) is 3.73. The van der Waals surface area contributed by atoms with Crippen LogP contribution >= 0.6 is 0 Å². The molecule has 4 heteroatoms. The third-order valence-corrected chi connectivity index (χ3v) is 2.31. The average molecular weight is 222 g/mol. The molecule has 3 N–H and O–H groups in total. The summed E-state index contributed by atoms with van der Waals surface area (Å²) in [6, 6.07) is 7.09. The minimum atomic E-state index is -0.454. The van der Waals surface area contributed by atoms with Gasteiger partial charge in [0.15, 0.2) is 0 Å². The quantitative estimate of drug-likeness (QED) is 0.766. The van der Waals surface area contributed by atoms with Crippen LogP contribution in [0.2, 0.25) is 0 Å². The maximum atomic E-state index is 11.7. The van der Waals surface area contributed by atoms with E-state index in [0.717, 1.165) is 0 Å². The summed E-state index contributed by atoms with van der Waals surface area (Å²) >= 11 is 0. The highest BCUT2D eigenvalue weighted by atomic mass is 16.5. The largest absolute Gasteiger partial charge is 0.399 e. The Hall–Kier alpha value is -1.55. The molecule has 88 valence electrons. The Bertz CT molecular complexity index is 375. The summed E-state index contributed by atoms with van der Waals surface area (Å²) in [4.78, 5) is 11.7. The van der Waals surface area contributed by atoms with Crippen molar-refractivity contribution in [2.45, 2.75) is 25.9 Å². The van der Waals surface area contributed by atoms with Gasteiger partial charge in [-0.1, -0.05) is 6.07 Å². The molecule has 0 aromatic heterocycles. The smallest absolute Gasteiger partial charge is 0.227 e. The van der Waals surface area contributed by atoms with Gasteiger partial charge in [-0.2, -0.15) is 0 Å². The third kappa shape index (κ3) is 3.90. The molecule has 1 aromatic rings. The number of hydrogen-bond acceptors (Lipinski definition) is 3. The van der Waals surface area contributed by atoms with Crippen molar-refractivity contribution in [1.29, 1.82) is 0 Å². The van der Waals surface area contributed by atoms with E-state index in [9.17, 15) is 4.79 Å². The standard InChI is InChI=1S/C12H18N2O2/c1-12(2,16-3)8-11(15)14-10-6-4-5-9(13)7-10/h4-7H,8,13H2,1-3H3,(H,14,15). The van der Waals surface area contributed by atoms with E-state index in [1.54, 1.807) is 31.4 Å². The zero-order valence-corrected chi connectivity index (χ0v) is 9.91. The van der Waals surface area contributed by atoms with Crippen LogP contribution in [0.1, 0.15) is 20.3 Å². The number of nitrogen functional groups attached to an aromatic ring is 1. The van der Waals surface area contributed by atoms with Crippen LogP contribution in [0.3, 0.4) is 0 Å². The van der Waals surface area contributed by atoms with Crippen molar-refractivity contribution in [3.63, 3.8) is 0 Å². The highest BCUT2D eigenvalue weighted by Crippen LogP contribution is 2.16. The van der Waals surface area contributed by atoms with E-state index in [1.807, 2.05) is 13.8 Å². The fourth-order valence-electron chi connectivity index (χ4n) is 1.28. The number of carbonyl (C=O) groups excluding carboxylic acids is 1. The molecule has 0 aliphatic carbocycles. The van der Waals surface area contributed by atoms with Crippen molar-refractivity contribution >= 4 is 17.3 Å². The first-order valence-electron chi connectivity index (χ1n) is 5.13. The van der Waals surface area contributed by atoms with Gasteiger partial charge in [-0.3, -0.25) is 4.79 Å². The Morgan fingerprint density at radius 1 is 1.50 bits per heavy atom. The molecule has 0 bridgehead atoms. The van der Waals surface area contributed by atoms with Crippen molar-refractivity contribution in [1.82, 2.24) is 0 Å². The highest BCUT2D eigenvalue weighted by Gasteiger charge is 2.20. The molecule has 0 radical (unpaired) electrons. The first-order valence-corrected chi connectivity index (χ1v) is 5.13. The second kappa shape index (κ2) is 4.99. The molecular formula is C12H18N2O2. The highest BCUT2D eigenvalue weighted by molar-refractivity contribution is 5.91. The number of benzene rings is 1. The van der Waals surface area contributed by atoms with Gasteiger partial charge in [0.25, 0.3) is 0 Å². The van der Waals surface area contributed by atoms with Crippen LogP contribution in [0.4, 0.5) is 11.4 Å². The number of methoxy groups -OCH3 is 1. The number of anilines is 2. The Balaban J connectivity index is 2.59. The van der Waals surface area contributed by atoms with Gasteiger partial charge in [0, 0.05) is 18.5 Å². The lowest BCUT2D eigenvalue weighted by Crippen LogP contribution is -2.29. The van der Waals surface area contributed by atoms with Gasteiger partial charge >= 0.3 is 0 Å². The SMILES string of the molecule is COC(C)(C)CC(=O)Nc1cccc(N)c1. The van der Waals surface area contributed by atoms with Crippen LogP contribution in [0, 0.1) is 0 Å². The molecule has 1 aromatic carbocycles. The Kier molecular flexibility index (Phi) is 3.90. The van der Waals surface area contributed by atoms with Crippen LogP contribution < -0.4 is 11.1 Å². The van der Waals surface area contributed by atoms with E-state index in [1.165, 1.54) is 0 Å². The number of hydrogen-bond donors (Lipinski definition) is 2. The molecule has 1 amide bonds. The Morgan fingerprint density at radius 2 is 2.19 bits per heavy atom. The molecule has 0 fully saturated rings. The molecule has 0 saturated heterocycles. The lowest BCUT2D eigenvalue weighted by Gasteiger charge is -2.21. The second-order valence-electron chi connectivity index (χ2n) is 4.31. The van der Waals surface area contributed by atoms with Gasteiger partial charge in [0.2, 0.25) is 5.91 Å². The first-order chi connectivity index (χ1) is 7.43. The van der Waals surface area contributed by atoms with E-state index < -0.39 is 5.60 Å². The van der Waals surface area contributed by atoms with Crippen LogP contribution in [0.5, 0.6) is 0 Å². The minimum absolute atomic E-state index is 0.0857.